The number of urea groups is 1. The fraction of sp³-hybridized carbons (Fsp3) is 0.273. The summed E-state index contributed by atoms with van der Waals surface area (Å²) in [4.78, 5) is 31.6. The third-order valence-electron chi connectivity index (χ3n) is 2.40. The molecule has 1 atom stereocenters. The second-order valence-electron chi connectivity index (χ2n) is 4.00. The molecule has 3 N–H and O–H groups in total. The van der Waals surface area contributed by atoms with Crippen LogP contribution in [0.4, 0.5) is 20.6 Å². The Morgan fingerprint density at radius 1 is 1.50 bits per heavy atom. The van der Waals surface area contributed by atoms with E-state index in [4.69, 9.17) is 5.11 Å². The van der Waals surface area contributed by atoms with E-state index in [0.717, 1.165) is 12.1 Å². The molecule has 20 heavy (non-hydrogen) atoms. The number of aliphatic carboxylic acids is 1. The molecule has 0 fully saturated rings. The maximum Gasteiger partial charge on any atom is 0.319 e. The molecule has 1 aromatic carbocycles. The van der Waals surface area contributed by atoms with Gasteiger partial charge in [-0.05, 0) is 6.07 Å². The van der Waals surface area contributed by atoms with Gasteiger partial charge in [0.2, 0.25) is 0 Å². The number of hydrogen-bond donors (Lipinski definition) is 3. The number of carboxylic acid groups (broad SMARTS) is 1. The van der Waals surface area contributed by atoms with Crippen LogP contribution in [0, 0.1) is 21.8 Å². The van der Waals surface area contributed by atoms with E-state index in [1.807, 2.05) is 0 Å². The lowest BCUT2D eigenvalue weighted by molar-refractivity contribution is -0.385. The molecule has 1 aromatic rings. The van der Waals surface area contributed by atoms with E-state index >= 15 is 0 Å². The summed E-state index contributed by atoms with van der Waals surface area (Å²) in [5.41, 5.74) is -0.677. The molecule has 0 aliphatic rings. The van der Waals surface area contributed by atoms with Crippen molar-refractivity contribution in [2.45, 2.75) is 6.92 Å². The number of carbonyl (C=O) groups is 2. The van der Waals surface area contributed by atoms with Crippen molar-refractivity contribution >= 4 is 23.4 Å². The topological polar surface area (TPSA) is 122 Å². The molecule has 0 saturated heterocycles. The second-order valence-corrected chi connectivity index (χ2v) is 4.00. The van der Waals surface area contributed by atoms with Gasteiger partial charge in [-0.1, -0.05) is 6.92 Å². The van der Waals surface area contributed by atoms with Crippen LogP contribution >= 0.6 is 0 Å². The zero-order valence-electron chi connectivity index (χ0n) is 10.4. The van der Waals surface area contributed by atoms with Crippen LogP contribution in [0.2, 0.25) is 0 Å². The van der Waals surface area contributed by atoms with Crippen LogP contribution in [0.15, 0.2) is 18.2 Å². The maximum absolute atomic E-state index is 13.5. The maximum atomic E-state index is 13.5. The number of nitrogens with one attached hydrogen (secondary N) is 2. The molecule has 0 aliphatic carbocycles. The Labute approximate surface area is 112 Å². The molecule has 0 bridgehead atoms. The lowest BCUT2D eigenvalue weighted by Crippen LogP contribution is -2.34. The SMILES string of the molecule is CC(CNC(=O)Nc1ccc([N+](=O)[O-])cc1F)C(=O)O. The van der Waals surface area contributed by atoms with Gasteiger partial charge in [0, 0.05) is 12.6 Å². The normalized spacial score (nSPS) is 11.5. The average Bonchev–Trinajstić information content (AvgIpc) is 2.37. The molecule has 0 radical (unpaired) electrons. The third-order valence-corrected chi connectivity index (χ3v) is 2.40. The number of benzene rings is 1. The number of hydrogen-bond acceptors (Lipinski definition) is 4. The second kappa shape index (κ2) is 6.45. The van der Waals surface area contributed by atoms with Gasteiger partial charge in [-0.2, -0.15) is 0 Å². The van der Waals surface area contributed by atoms with Crippen LogP contribution in [-0.4, -0.2) is 28.6 Å². The quantitative estimate of drug-likeness (QED) is 0.560. The average molecular weight is 285 g/mol. The zero-order chi connectivity index (χ0) is 15.3. The fourth-order valence-corrected chi connectivity index (χ4v) is 1.22. The van der Waals surface area contributed by atoms with Gasteiger partial charge in [0.05, 0.1) is 22.6 Å². The van der Waals surface area contributed by atoms with E-state index < -0.39 is 34.3 Å². The first-order valence-electron chi connectivity index (χ1n) is 5.53. The van der Waals surface area contributed by atoms with Gasteiger partial charge in [0.25, 0.3) is 5.69 Å². The van der Waals surface area contributed by atoms with E-state index in [1.165, 1.54) is 6.92 Å². The first-order chi connectivity index (χ1) is 9.31. The van der Waals surface area contributed by atoms with Crippen molar-refractivity contribution in [2.75, 3.05) is 11.9 Å². The summed E-state index contributed by atoms with van der Waals surface area (Å²) in [6.07, 6.45) is 0. The van der Waals surface area contributed by atoms with Gasteiger partial charge in [-0.25, -0.2) is 9.18 Å². The summed E-state index contributed by atoms with van der Waals surface area (Å²) < 4.78 is 13.5. The highest BCUT2D eigenvalue weighted by Gasteiger charge is 2.14. The number of non-ortho nitro benzene ring substituents is 1. The summed E-state index contributed by atoms with van der Waals surface area (Å²) in [7, 11) is 0. The van der Waals surface area contributed by atoms with Crippen molar-refractivity contribution in [1.29, 1.82) is 0 Å². The number of halogens is 1. The molecular weight excluding hydrogens is 273 g/mol. The van der Waals surface area contributed by atoms with Crippen molar-refractivity contribution in [3.63, 3.8) is 0 Å². The zero-order valence-corrected chi connectivity index (χ0v) is 10.4. The Bertz CT molecular complexity index is 549. The van der Waals surface area contributed by atoms with Crippen LogP contribution in [0.3, 0.4) is 0 Å². The molecule has 0 spiro atoms. The fourth-order valence-electron chi connectivity index (χ4n) is 1.22. The molecule has 108 valence electrons. The molecule has 8 nitrogen and oxygen atoms in total. The minimum atomic E-state index is -1.08. The summed E-state index contributed by atoms with van der Waals surface area (Å²) >= 11 is 0. The smallest absolute Gasteiger partial charge is 0.319 e. The van der Waals surface area contributed by atoms with Crippen LogP contribution in [-0.2, 0) is 4.79 Å². The summed E-state index contributed by atoms with van der Waals surface area (Å²) in [6.45, 7) is 1.27. The molecule has 0 aromatic heterocycles. The molecule has 1 rings (SSSR count). The molecule has 0 aliphatic heterocycles. The first-order valence-corrected chi connectivity index (χ1v) is 5.53. The van der Waals surface area contributed by atoms with E-state index in [-0.39, 0.29) is 12.2 Å². The van der Waals surface area contributed by atoms with Crippen molar-refractivity contribution < 1.29 is 24.0 Å². The van der Waals surface area contributed by atoms with E-state index in [0.29, 0.717) is 6.07 Å². The molecule has 2 amide bonds. The number of amides is 2. The highest BCUT2D eigenvalue weighted by Crippen LogP contribution is 2.20. The van der Waals surface area contributed by atoms with Crippen LogP contribution in [0.1, 0.15) is 6.92 Å². The van der Waals surface area contributed by atoms with Gasteiger partial charge >= 0.3 is 12.0 Å². The number of nitro benzene ring substituents is 1. The molecule has 0 saturated carbocycles. The van der Waals surface area contributed by atoms with Gasteiger partial charge in [-0.3, -0.25) is 14.9 Å². The Morgan fingerprint density at radius 2 is 2.15 bits per heavy atom. The Morgan fingerprint density at radius 3 is 2.65 bits per heavy atom. The van der Waals surface area contributed by atoms with Crippen molar-refractivity contribution in [2.24, 2.45) is 5.92 Å². The highest BCUT2D eigenvalue weighted by atomic mass is 19.1. The van der Waals surface area contributed by atoms with Gasteiger partial charge in [-0.15, -0.1) is 0 Å². The lowest BCUT2D eigenvalue weighted by atomic mass is 10.2. The minimum Gasteiger partial charge on any atom is -0.481 e. The number of rotatable bonds is 5. The van der Waals surface area contributed by atoms with Crippen LogP contribution < -0.4 is 10.6 Å². The van der Waals surface area contributed by atoms with Crippen LogP contribution in [0.5, 0.6) is 0 Å². The van der Waals surface area contributed by atoms with Crippen LogP contribution in [0.25, 0.3) is 0 Å². The van der Waals surface area contributed by atoms with Gasteiger partial charge in [0.15, 0.2) is 5.82 Å². The van der Waals surface area contributed by atoms with Crippen molar-refractivity contribution in [3.8, 4) is 0 Å². The first kappa shape index (κ1) is 15.3. The number of nitro groups is 1. The highest BCUT2D eigenvalue weighted by molar-refractivity contribution is 5.89. The molecule has 0 heterocycles. The summed E-state index contributed by atoms with van der Waals surface area (Å²) in [5.74, 6) is -2.82. The molecule has 9 heteroatoms. The van der Waals surface area contributed by atoms with E-state index in [9.17, 15) is 24.1 Å². The molecular formula is C11H12FN3O5. The number of nitrogens with zero attached hydrogens (tertiary/aromatic N) is 1. The minimum absolute atomic E-state index is 0.129. The standard InChI is InChI=1S/C11H12FN3O5/c1-6(10(16)17)5-13-11(18)14-9-3-2-7(15(19)20)4-8(9)12/h2-4,6H,5H2,1H3,(H,16,17)(H2,13,14,18). The van der Waals surface area contributed by atoms with E-state index in [2.05, 4.69) is 10.6 Å². The summed E-state index contributed by atoms with van der Waals surface area (Å²) in [5, 5.41) is 23.4. The predicted octanol–water partition coefficient (Wildman–Crippen LogP) is 1.58. The van der Waals surface area contributed by atoms with Crippen molar-refractivity contribution in [1.82, 2.24) is 5.32 Å². The number of carboxylic acids is 1. The van der Waals surface area contributed by atoms with Gasteiger partial charge < -0.3 is 15.7 Å². The lowest BCUT2D eigenvalue weighted by Gasteiger charge is -2.10. The number of carbonyl (C=O) groups excluding carboxylic acids is 1. The Kier molecular flexibility index (Phi) is 4.95. The largest absolute Gasteiger partial charge is 0.481 e. The molecule has 1 unspecified atom stereocenters. The van der Waals surface area contributed by atoms with Gasteiger partial charge in [0.1, 0.15) is 0 Å². The van der Waals surface area contributed by atoms with Crippen molar-refractivity contribution in [3.05, 3.63) is 34.1 Å². The monoisotopic (exact) mass is 285 g/mol. The third kappa shape index (κ3) is 4.19. The number of anilines is 1. The Hall–Kier alpha value is -2.71. The predicted molar refractivity (Wildman–Crippen MR) is 66.9 cm³/mol. The Balaban J connectivity index is 2.62. The summed E-state index contributed by atoms with van der Waals surface area (Å²) in [6, 6.07) is 1.97. The van der Waals surface area contributed by atoms with E-state index in [1.54, 1.807) is 0 Å².